The molecule has 1 aliphatic rings. The molecule has 2 heterocycles. The Kier molecular flexibility index (Phi) is 9.18. The fraction of sp³-hybridized carbons (Fsp3) is 0.333. The molecule has 1 aliphatic heterocycles. The molecule has 0 unspecified atom stereocenters. The molecule has 1 saturated heterocycles. The van der Waals surface area contributed by atoms with Crippen LogP contribution >= 0.6 is 0 Å². The predicted molar refractivity (Wildman–Crippen MR) is 178 cm³/mol. The summed E-state index contributed by atoms with van der Waals surface area (Å²) in [6.45, 7) is 12.9. The molecular formula is C36H41N5O5. The number of rotatable bonds is 6. The van der Waals surface area contributed by atoms with Crippen molar-refractivity contribution in [3.05, 3.63) is 88.7 Å². The number of carbonyl (C=O) groups is 3. The van der Waals surface area contributed by atoms with Gasteiger partial charge in [-0.1, -0.05) is 30.3 Å². The SMILES string of the molecule is COc1ccc(-c2nc(C(=O)Nc3cccc(C(=O)N4CCN(C(=O)OC(C)(C)C)CC4)c3)c(C)[nH]2)c(C)c1-c1ccccc1C. The Morgan fingerprint density at radius 2 is 1.57 bits per heavy atom. The van der Waals surface area contributed by atoms with Crippen LogP contribution in [0.15, 0.2) is 60.7 Å². The molecular weight excluding hydrogens is 582 g/mol. The Morgan fingerprint density at radius 3 is 2.24 bits per heavy atom. The first kappa shape index (κ1) is 32.3. The minimum absolute atomic E-state index is 0.169. The van der Waals surface area contributed by atoms with Gasteiger partial charge in [-0.15, -0.1) is 0 Å². The lowest BCUT2D eigenvalue weighted by atomic mass is 9.92. The summed E-state index contributed by atoms with van der Waals surface area (Å²) in [6.07, 6.45) is -0.380. The minimum atomic E-state index is -0.579. The van der Waals surface area contributed by atoms with E-state index in [0.717, 1.165) is 33.6 Å². The number of carbonyl (C=O) groups excluding carboxylic acids is 3. The highest BCUT2D eigenvalue weighted by atomic mass is 16.6. The van der Waals surface area contributed by atoms with Gasteiger partial charge in [0, 0.05) is 54.3 Å². The number of methoxy groups -OCH3 is 1. The molecule has 0 radical (unpaired) electrons. The van der Waals surface area contributed by atoms with E-state index in [2.05, 4.69) is 29.4 Å². The molecule has 2 N–H and O–H groups in total. The monoisotopic (exact) mass is 623 g/mol. The summed E-state index contributed by atoms with van der Waals surface area (Å²) in [5.41, 5.74) is 6.24. The maximum atomic E-state index is 13.4. The van der Waals surface area contributed by atoms with Gasteiger partial charge < -0.3 is 29.6 Å². The van der Waals surface area contributed by atoms with Gasteiger partial charge in [0.25, 0.3) is 11.8 Å². The van der Waals surface area contributed by atoms with Crippen LogP contribution in [0.3, 0.4) is 0 Å². The largest absolute Gasteiger partial charge is 0.496 e. The van der Waals surface area contributed by atoms with E-state index in [9.17, 15) is 14.4 Å². The Hall–Kier alpha value is -5.12. The first-order chi connectivity index (χ1) is 21.9. The number of aryl methyl sites for hydroxylation is 2. The van der Waals surface area contributed by atoms with Crippen molar-refractivity contribution >= 4 is 23.6 Å². The normalized spacial score (nSPS) is 13.4. The molecule has 3 aromatic carbocycles. The van der Waals surface area contributed by atoms with Gasteiger partial charge in [0.2, 0.25) is 0 Å². The number of piperazine rings is 1. The smallest absolute Gasteiger partial charge is 0.410 e. The molecule has 240 valence electrons. The van der Waals surface area contributed by atoms with Crippen LogP contribution in [0.2, 0.25) is 0 Å². The molecule has 0 spiro atoms. The van der Waals surface area contributed by atoms with Gasteiger partial charge in [-0.05, 0) is 88.6 Å². The van der Waals surface area contributed by atoms with Crippen molar-refractivity contribution in [2.45, 2.75) is 47.1 Å². The third-order valence-corrected chi connectivity index (χ3v) is 8.00. The van der Waals surface area contributed by atoms with E-state index in [4.69, 9.17) is 14.5 Å². The maximum absolute atomic E-state index is 13.4. The Balaban J connectivity index is 1.30. The van der Waals surface area contributed by atoms with Crippen molar-refractivity contribution in [2.75, 3.05) is 38.6 Å². The summed E-state index contributed by atoms with van der Waals surface area (Å²) in [5.74, 6) is 0.779. The average molecular weight is 624 g/mol. The molecule has 46 heavy (non-hydrogen) atoms. The van der Waals surface area contributed by atoms with Crippen LogP contribution in [-0.2, 0) is 4.74 Å². The third kappa shape index (κ3) is 6.91. The number of anilines is 1. The number of H-pyrrole nitrogens is 1. The van der Waals surface area contributed by atoms with E-state index in [0.29, 0.717) is 48.9 Å². The molecule has 1 aromatic heterocycles. The second kappa shape index (κ2) is 13.1. The number of imidazole rings is 1. The number of nitrogens with zero attached hydrogens (tertiary/aromatic N) is 3. The van der Waals surface area contributed by atoms with Gasteiger partial charge in [-0.2, -0.15) is 0 Å². The zero-order valence-electron chi connectivity index (χ0n) is 27.5. The predicted octanol–water partition coefficient (Wildman–Crippen LogP) is 6.62. The number of ether oxygens (including phenoxy) is 2. The molecule has 0 atom stereocenters. The van der Waals surface area contributed by atoms with Crippen LogP contribution < -0.4 is 10.1 Å². The van der Waals surface area contributed by atoms with Crippen LogP contribution in [-0.4, -0.2) is 76.6 Å². The molecule has 0 saturated carbocycles. The number of amides is 3. The molecule has 0 aliphatic carbocycles. The van der Waals surface area contributed by atoms with Crippen molar-refractivity contribution < 1.29 is 23.9 Å². The summed E-state index contributed by atoms with van der Waals surface area (Å²) >= 11 is 0. The second-order valence-electron chi connectivity index (χ2n) is 12.5. The van der Waals surface area contributed by atoms with Gasteiger partial charge in [-0.25, -0.2) is 9.78 Å². The Bertz CT molecular complexity index is 1780. The number of hydrogen-bond donors (Lipinski definition) is 2. The maximum Gasteiger partial charge on any atom is 0.410 e. The lowest BCUT2D eigenvalue weighted by molar-refractivity contribution is 0.0141. The van der Waals surface area contributed by atoms with E-state index in [1.165, 1.54) is 0 Å². The van der Waals surface area contributed by atoms with Crippen LogP contribution in [0, 0.1) is 20.8 Å². The van der Waals surface area contributed by atoms with E-state index in [-0.39, 0.29) is 23.6 Å². The summed E-state index contributed by atoms with van der Waals surface area (Å²) in [4.78, 5) is 50.4. The van der Waals surface area contributed by atoms with Crippen molar-refractivity contribution in [2.24, 2.45) is 0 Å². The summed E-state index contributed by atoms with van der Waals surface area (Å²) in [7, 11) is 1.66. The van der Waals surface area contributed by atoms with Crippen LogP contribution in [0.1, 0.15) is 58.4 Å². The van der Waals surface area contributed by atoms with Crippen LogP contribution in [0.4, 0.5) is 10.5 Å². The molecule has 10 nitrogen and oxygen atoms in total. The van der Waals surface area contributed by atoms with Crippen LogP contribution in [0.25, 0.3) is 22.5 Å². The highest BCUT2D eigenvalue weighted by molar-refractivity contribution is 6.05. The summed E-state index contributed by atoms with van der Waals surface area (Å²) < 4.78 is 11.2. The van der Waals surface area contributed by atoms with Crippen molar-refractivity contribution in [3.8, 4) is 28.3 Å². The molecule has 4 aromatic rings. The molecule has 0 bridgehead atoms. The zero-order chi connectivity index (χ0) is 33.2. The fourth-order valence-electron chi connectivity index (χ4n) is 5.63. The highest BCUT2D eigenvalue weighted by Crippen LogP contribution is 2.39. The van der Waals surface area contributed by atoms with Gasteiger partial charge in [0.15, 0.2) is 0 Å². The van der Waals surface area contributed by atoms with Gasteiger partial charge in [0.1, 0.15) is 22.9 Å². The number of nitrogens with one attached hydrogen (secondary N) is 2. The van der Waals surface area contributed by atoms with Gasteiger partial charge >= 0.3 is 6.09 Å². The minimum Gasteiger partial charge on any atom is -0.496 e. The van der Waals surface area contributed by atoms with Crippen molar-refractivity contribution in [3.63, 3.8) is 0 Å². The lowest BCUT2D eigenvalue weighted by Crippen LogP contribution is -2.51. The highest BCUT2D eigenvalue weighted by Gasteiger charge is 2.28. The summed E-state index contributed by atoms with van der Waals surface area (Å²) in [6, 6.07) is 18.8. The Morgan fingerprint density at radius 1 is 0.870 bits per heavy atom. The van der Waals surface area contributed by atoms with Gasteiger partial charge in [-0.3, -0.25) is 9.59 Å². The Labute approximate surface area is 269 Å². The first-order valence-electron chi connectivity index (χ1n) is 15.4. The van der Waals surface area contributed by atoms with Crippen molar-refractivity contribution in [1.82, 2.24) is 19.8 Å². The van der Waals surface area contributed by atoms with E-state index >= 15 is 0 Å². The zero-order valence-corrected chi connectivity index (χ0v) is 27.5. The first-order valence-corrected chi connectivity index (χ1v) is 15.4. The topological polar surface area (TPSA) is 117 Å². The van der Waals surface area contributed by atoms with E-state index < -0.39 is 5.60 Å². The van der Waals surface area contributed by atoms with Crippen LogP contribution in [0.5, 0.6) is 5.75 Å². The van der Waals surface area contributed by atoms with Gasteiger partial charge in [0.05, 0.1) is 7.11 Å². The second-order valence-corrected chi connectivity index (χ2v) is 12.5. The number of aromatic amines is 1. The number of benzene rings is 3. The van der Waals surface area contributed by atoms with E-state index in [1.807, 2.05) is 58.9 Å². The third-order valence-electron chi connectivity index (χ3n) is 8.00. The van der Waals surface area contributed by atoms with E-state index in [1.54, 1.807) is 41.2 Å². The fourth-order valence-corrected chi connectivity index (χ4v) is 5.63. The average Bonchev–Trinajstić information content (AvgIpc) is 3.41. The molecule has 1 fully saturated rings. The molecule has 10 heteroatoms. The molecule has 5 rings (SSSR count). The summed E-state index contributed by atoms with van der Waals surface area (Å²) in [5, 5.41) is 2.90. The quantitative estimate of drug-likeness (QED) is 0.249. The standard InChI is InChI=1S/C36H41N5O5/c1-22-11-8-9-14-27(22)30-23(2)28(15-16-29(30)45-7)32-37-24(3)31(39-32)33(42)38-26-13-10-12-25(21-26)34(43)40-17-19-41(20-18-40)35(44)46-36(4,5)6/h8-16,21H,17-20H2,1-7H3,(H,37,39)(H,38,42). The molecule has 3 amide bonds. The number of hydrogen-bond acceptors (Lipinski definition) is 6. The number of aromatic nitrogens is 2. The van der Waals surface area contributed by atoms with Crippen molar-refractivity contribution in [1.29, 1.82) is 0 Å². The lowest BCUT2D eigenvalue weighted by Gasteiger charge is -2.35.